The first-order valence-corrected chi connectivity index (χ1v) is 8.67. The molecule has 2 aromatic rings. The molecule has 0 unspecified atom stereocenters. The van der Waals surface area contributed by atoms with Gasteiger partial charge in [-0.3, -0.25) is 0 Å². The van der Waals surface area contributed by atoms with Gasteiger partial charge < -0.3 is 35.0 Å². The number of rotatable bonds is 11. The van der Waals surface area contributed by atoms with Gasteiger partial charge in [-0.15, -0.1) is 0 Å². The minimum absolute atomic E-state index is 0.114. The lowest BCUT2D eigenvalue weighted by atomic mass is 10.0. The third kappa shape index (κ3) is 6.67. The van der Waals surface area contributed by atoms with Crippen LogP contribution in [0.1, 0.15) is 11.1 Å². The van der Waals surface area contributed by atoms with Crippen LogP contribution in [-0.4, -0.2) is 62.8 Å². The fourth-order valence-electron chi connectivity index (χ4n) is 2.45. The Morgan fingerprint density at radius 2 is 1.07 bits per heavy atom. The molecule has 0 amide bonds. The predicted molar refractivity (Wildman–Crippen MR) is 97.4 cm³/mol. The smallest absolute Gasteiger partial charge is 0.186 e. The summed E-state index contributed by atoms with van der Waals surface area (Å²) in [5, 5.41) is 48.8. The molecule has 7 nitrogen and oxygen atoms in total. The highest BCUT2D eigenvalue weighted by molar-refractivity contribution is 5.14. The van der Waals surface area contributed by atoms with Gasteiger partial charge in [0.2, 0.25) is 0 Å². The van der Waals surface area contributed by atoms with Crippen molar-refractivity contribution >= 4 is 0 Å². The van der Waals surface area contributed by atoms with Crippen LogP contribution >= 0.6 is 0 Å². The van der Waals surface area contributed by atoms with Gasteiger partial charge in [0.1, 0.15) is 24.4 Å². The van der Waals surface area contributed by atoms with Crippen LogP contribution in [0.15, 0.2) is 60.7 Å². The van der Waals surface area contributed by atoms with Crippen molar-refractivity contribution in [2.75, 3.05) is 6.61 Å². The highest BCUT2D eigenvalue weighted by Crippen LogP contribution is 2.16. The summed E-state index contributed by atoms with van der Waals surface area (Å²) in [6.45, 7) is -0.531. The van der Waals surface area contributed by atoms with Crippen LogP contribution in [-0.2, 0) is 22.7 Å². The summed E-state index contributed by atoms with van der Waals surface area (Å²) in [4.78, 5) is 0. The fourth-order valence-corrected chi connectivity index (χ4v) is 2.45. The molecule has 0 radical (unpaired) electrons. The molecule has 0 aliphatic heterocycles. The number of aliphatic hydroxyl groups excluding tert-OH is 5. The second-order valence-corrected chi connectivity index (χ2v) is 6.18. The first-order valence-electron chi connectivity index (χ1n) is 8.67. The third-order valence-electron chi connectivity index (χ3n) is 4.07. The topological polar surface area (TPSA) is 120 Å². The van der Waals surface area contributed by atoms with E-state index in [4.69, 9.17) is 14.6 Å². The SMILES string of the molecule is OC[C@@H](O)[C@@H](O)[C@@H](O)[C@H](O)C(OCc1ccccc1)OCc1ccccc1. The average molecular weight is 378 g/mol. The molecule has 4 atom stereocenters. The van der Waals surface area contributed by atoms with Gasteiger partial charge in [-0.25, -0.2) is 0 Å². The molecule has 148 valence electrons. The molecule has 5 N–H and O–H groups in total. The lowest BCUT2D eigenvalue weighted by Gasteiger charge is -2.31. The van der Waals surface area contributed by atoms with E-state index in [2.05, 4.69) is 0 Å². The normalized spacial score (nSPS) is 16.1. The maximum absolute atomic E-state index is 10.4. The molecule has 7 heteroatoms. The molecular formula is C20H26O7. The first kappa shape index (κ1) is 21.5. The zero-order chi connectivity index (χ0) is 19.6. The van der Waals surface area contributed by atoms with Gasteiger partial charge in [0.25, 0.3) is 0 Å². The lowest BCUT2D eigenvalue weighted by Crippen LogP contribution is -2.51. The molecule has 0 saturated carbocycles. The van der Waals surface area contributed by atoms with Gasteiger partial charge in [0.05, 0.1) is 19.8 Å². The van der Waals surface area contributed by atoms with E-state index in [1.807, 2.05) is 60.7 Å². The summed E-state index contributed by atoms with van der Waals surface area (Å²) < 4.78 is 11.2. The van der Waals surface area contributed by atoms with Crippen LogP contribution in [0.25, 0.3) is 0 Å². The second kappa shape index (κ2) is 11.1. The fraction of sp³-hybridized carbons (Fsp3) is 0.400. The van der Waals surface area contributed by atoms with Crippen LogP contribution in [0.3, 0.4) is 0 Å². The van der Waals surface area contributed by atoms with E-state index in [-0.39, 0.29) is 13.2 Å². The summed E-state index contributed by atoms with van der Waals surface area (Å²) in [5.41, 5.74) is 1.67. The predicted octanol–water partition coefficient (Wildman–Crippen LogP) is 0.182. The van der Waals surface area contributed by atoms with Crippen molar-refractivity contribution in [1.29, 1.82) is 0 Å². The number of aliphatic hydroxyl groups is 5. The average Bonchev–Trinajstić information content (AvgIpc) is 2.73. The Balaban J connectivity index is 2.04. The number of ether oxygens (including phenoxy) is 2. The Morgan fingerprint density at radius 1 is 0.630 bits per heavy atom. The van der Waals surface area contributed by atoms with E-state index < -0.39 is 37.3 Å². The molecule has 0 aromatic heterocycles. The molecule has 27 heavy (non-hydrogen) atoms. The molecule has 0 spiro atoms. The maximum atomic E-state index is 10.4. The highest BCUT2D eigenvalue weighted by atomic mass is 16.7. The van der Waals surface area contributed by atoms with E-state index in [0.717, 1.165) is 11.1 Å². The molecule has 2 rings (SSSR count). The van der Waals surface area contributed by atoms with Crippen LogP contribution in [0, 0.1) is 0 Å². The minimum Gasteiger partial charge on any atom is -0.394 e. The Kier molecular flexibility index (Phi) is 8.83. The molecule has 0 aliphatic carbocycles. The summed E-state index contributed by atoms with van der Waals surface area (Å²) in [6.07, 6.45) is -8.04. The number of hydrogen-bond donors (Lipinski definition) is 5. The minimum atomic E-state index is -1.77. The molecule has 0 heterocycles. The molecule has 0 bridgehead atoms. The Labute approximate surface area is 158 Å². The first-order chi connectivity index (χ1) is 13.0. The summed E-state index contributed by atoms with van der Waals surface area (Å²) in [6, 6.07) is 18.4. The van der Waals surface area contributed by atoms with Crippen molar-refractivity contribution in [2.45, 2.75) is 43.9 Å². The summed E-state index contributed by atoms with van der Waals surface area (Å²) >= 11 is 0. The second-order valence-electron chi connectivity index (χ2n) is 6.18. The Hall–Kier alpha value is -1.84. The monoisotopic (exact) mass is 378 g/mol. The molecule has 0 saturated heterocycles. The number of benzene rings is 2. The number of hydrogen-bond acceptors (Lipinski definition) is 7. The van der Waals surface area contributed by atoms with Gasteiger partial charge in [-0.2, -0.15) is 0 Å². The third-order valence-corrected chi connectivity index (χ3v) is 4.07. The lowest BCUT2D eigenvalue weighted by molar-refractivity contribution is -0.240. The van der Waals surface area contributed by atoms with Crippen LogP contribution in [0.4, 0.5) is 0 Å². The van der Waals surface area contributed by atoms with Crippen molar-refractivity contribution in [3.8, 4) is 0 Å². The zero-order valence-corrected chi connectivity index (χ0v) is 14.8. The van der Waals surface area contributed by atoms with E-state index in [9.17, 15) is 20.4 Å². The van der Waals surface area contributed by atoms with Gasteiger partial charge in [0.15, 0.2) is 6.29 Å². The molecular weight excluding hydrogens is 352 g/mol. The maximum Gasteiger partial charge on any atom is 0.186 e. The molecule has 0 fully saturated rings. The van der Waals surface area contributed by atoms with Gasteiger partial charge >= 0.3 is 0 Å². The summed E-state index contributed by atoms with van der Waals surface area (Å²) in [7, 11) is 0. The quantitative estimate of drug-likeness (QED) is 0.354. The Morgan fingerprint density at radius 3 is 1.48 bits per heavy atom. The van der Waals surface area contributed by atoms with Crippen LogP contribution in [0.2, 0.25) is 0 Å². The van der Waals surface area contributed by atoms with E-state index in [1.165, 1.54) is 0 Å². The summed E-state index contributed by atoms with van der Waals surface area (Å²) in [5.74, 6) is 0. The largest absolute Gasteiger partial charge is 0.394 e. The van der Waals surface area contributed by atoms with Crippen LogP contribution < -0.4 is 0 Å². The van der Waals surface area contributed by atoms with Gasteiger partial charge in [-0.1, -0.05) is 60.7 Å². The zero-order valence-electron chi connectivity index (χ0n) is 14.8. The standard InChI is InChI=1S/C20H26O7/c21-11-16(22)17(23)18(24)19(25)20(26-12-14-7-3-1-4-8-14)27-13-15-9-5-2-6-10-15/h1-10,16-25H,11-13H2/t16-,17-,18-,19+/m1/s1. The molecule has 0 aliphatic rings. The van der Waals surface area contributed by atoms with E-state index >= 15 is 0 Å². The van der Waals surface area contributed by atoms with Gasteiger partial charge in [-0.05, 0) is 11.1 Å². The van der Waals surface area contributed by atoms with E-state index in [1.54, 1.807) is 0 Å². The van der Waals surface area contributed by atoms with E-state index in [0.29, 0.717) is 0 Å². The van der Waals surface area contributed by atoms with Gasteiger partial charge in [0, 0.05) is 0 Å². The van der Waals surface area contributed by atoms with Crippen molar-refractivity contribution in [1.82, 2.24) is 0 Å². The van der Waals surface area contributed by atoms with Crippen molar-refractivity contribution in [3.63, 3.8) is 0 Å². The van der Waals surface area contributed by atoms with Crippen molar-refractivity contribution in [2.24, 2.45) is 0 Å². The highest BCUT2D eigenvalue weighted by Gasteiger charge is 2.36. The van der Waals surface area contributed by atoms with Crippen molar-refractivity contribution < 1.29 is 35.0 Å². The van der Waals surface area contributed by atoms with Crippen molar-refractivity contribution in [3.05, 3.63) is 71.8 Å². The van der Waals surface area contributed by atoms with Crippen LogP contribution in [0.5, 0.6) is 0 Å². The Bertz CT molecular complexity index is 594. The molecule has 2 aromatic carbocycles.